The molecule has 0 radical (unpaired) electrons. The topological polar surface area (TPSA) is 70.1 Å². The molecule has 0 aliphatic carbocycles. The maximum atomic E-state index is 13.0. The number of thioether (sulfide) groups is 1. The lowest BCUT2D eigenvalue weighted by atomic mass is 10.1. The molecule has 0 bridgehead atoms. The predicted molar refractivity (Wildman–Crippen MR) is 139 cm³/mol. The Hall–Kier alpha value is -4.12. The van der Waals surface area contributed by atoms with Crippen molar-refractivity contribution in [2.45, 2.75) is 0 Å². The molecule has 0 unspecified atom stereocenters. The van der Waals surface area contributed by atoms with Crippen molar-refractivity contribution in [1.82, 2.24) is 4.98 Å². The average Bonchev–Trinajstić information content (AvgIpc) is 3.49. The second-order valence-corrected chi connectivity index (χ2v) is 9.44. The van der Waals surface area contributed by atoms with E-state index in [2.05, 4.69) is 6.07 Å². The van der Waals surface area contributed by atoms with Gasteiger partial charge in [0.1, 0.15) is 27.3 Å². The molecule has 3 heterocycles. The second-order valence-electron chi connectivity index (χ2n) is 7.56. The van der Waals surface area contributed by atoms with Crippen LogP contribution in [0.1, 0.15) is 10.6 Å². The molecule has 0 saturated heterocycles. The van der Waals surface area contributed by atoms with Crippen molar-refractivity contribution in [2.75, 3.05) is 4.90 Å². The highest BCUT2D eigenvalue weighted by Crippen LogP contribution is 2.46. The molecular formula is C27H15N3O2S2. The zero-order valence-electron chi connectivity index (χ0n) is 17.6. The molecule has 34 heavy (non-hydrogen) atoms. The molecule has 0 spiro atoms. The van der Waals surface area contributed by atoms with Crippen LogP contribution >= 0.6 is 23.1 Å². The number of rotatable bonds is 3. The minimum Gasteiger partial charge on any atom is -0.422 e. The summed E-state index contributed by atoms with van der Waals surface area (Å²) in [7, 11) is 0. The number of anilines is 1. The quantitative estimate of drug-likeness (QED) is 0.209. The van der Waals surface area contributed by atoms with Crippen molar-refractivity contribution in [3.63, 3.8) is 0 Å². The number of hydrogen-bond acceptors (Lipinski definition) is 7. The minimum absolute atomic E-state index is 0.425. The van der Waals surface area contributed by atoms with E-state index >= 15 is 0 Å². The average molecular weight is 478 g/mol. The van der Waals surface area contributed by atoms with Crippen LogP contribution in [0.5, 0.6) is 0 Å². The van der Waals surface area contributed by atoms with Gasteiger partial charge in [-0.15, -0.1) is 11.3 Å². The summed E-state index contributed by atoms with van der Waals surface area (Å²) in [6.07, 6.45) is 0. The molecular weight excluding hydrogens is 462 g/mol. The van der Waals surface area contributed by atoms with E-state index in [-0.39, 0.29) is 0 Å². The van der Waals surface area contributed by atoms with E-state index in [1.54, 1.807) is 6.07 Å². The van der Waals surface area contributed by atoms with Crippen LogP contribution in [0.4, 0.5) is 5.69 Å². The van der Waals surface area contributed by atoms with Crippen LogP contribution in [-0.4, -0.2) is 4.98 Å². The van der Waals surface area contributed by atoms with Crippen LogP contribution in [0.3, 0.4) is 0 Å². The fraction of sp³-hybridized carbons (Fsp3) is 0. The Morgan fingerprint density at radius 2 is 1.74 bits per heavy atom. The van der Waals surface area contributed by atoms with E-state index in [1.807, 2.05) is 89.2 Å². The smallest absolute Gasteiger partial charge is 0.345 e. The summed E-state index contributed by atoms with van der Waals surface area (Å²) in [6.45, 7) is 0. The van der Waals surface area contributed by atoms with Gasteiger partial charge in [0, 0.05) is 16.5 Å². The van der Waals surface area contributed by atoms with Crippen LogP contribution < -0.4 is 10.5 Å². The van der Waals surface area contributed by atoms with E-state index in [0.717, 1.165) is 21.3 Å². The summed E-state index contributed by atoms with van der Waals surface area (Å²) in [6, 6.07) is 29.2. The Bertz CT molecular complexity index is 1690. The first-order chi connectivity index (χ1) is 16.7. The lowest BCUT2D eigenvalue weighted by Gasteiger charge is -2.24. The lowest BCUT2D eigenvalue weighted by Crippen LogP contribution is -2.20. The Morgan fingerprint density at radius 1 is 0.971 bits per heavy atom. The molecule has 0 saturated carbocycles. The molecule has 2 aromatic heterocycles. The highest BCUT2D eigenvalue weighted by atomic mass is 32.2. The van der Waals surface area contributed by atoms with E-state index < -0.39 is 5.63 Å². The number of fused-ring (bicyclic) bond motifs is 2. The third-order valence-corrected chi connectivity index (χ3v) is 7.50. The minimum atomic E-state index is -0.425. The summed E-state index contributed by atoms with van der Waals surface area (Å²) in [5.74, 6) is 0. The molecule has 1 aliphatic heterocycles. The van der Waals surface area contributed by atoms with Crippen molar-refractivity contribution in [2.24, 2.45) is 0 Å². The zero-order valence-corrected chi connectivity index (χ0v) is 19.3. The standard InChI is InChI=1S/C27H15N3O2S2/c28-15-20(25-29-21-11-5-7-13-24(21)34-25)26-30(18-9-2-1-3-10-18)22(16-33-26)19-14-17-8-4-6-12-23(17)32-27(19)31/h1-14,16H/b26-20-. The summed E-state index contributed by atoms with van der Waals surface area (Å²) in [5.41, 5.74) is 3.38. The van der Waals surface area contributed by atoms with Gasteiger partial charge in [0.15, 0.2) is 0 Å². The number of para-hydroxylation sites is 3. The summed E-state index contributed by atoms with van der Waals surface area (Å²) < 4.78 is 6.63. The SMILES string of the molecule is N#C/C(=C1/SC=C(c2cc3ccccc3oc2=O)N1c1ccccc1)c1nc2ccccc2s1. The van der Waals surface area contributed by atoms with E-state index in [1.165, 1.54) is 23.1 Å². The first kappa shape index (κ1) is 20.5. The molecule has 1 aliphatic rings. The molecule has 5 aromatic rings. The van der Waals surface area contributed by atoms with Gasteiger partial charge in [-0.1, -0.05) is 60.3 Å². The van der Waals surface area contributed by atoms with Crippen molar-refractivity contribution >= 4 is 61.2 Å². The van der Waals surface area contributed by atoms with E-state index in [0.29, 0.717) is 32.5 Å². The highest BCUT2D eigenvalue weighted by Gasteiger charge is 2.31. The van der Waals surface area contributed by atoms with Gasteiger partial charge in [0.25, 0.3) is 0 Å². The monoisotopic (exact) mass is 477 g/mol. The summed E-state index contributed by atoms with van der Waals surface area (Å²) in [4.78, 5) is 19.6. The molecule has 162 valence electrons. The normalized spacial score (nSPS) is 14.9. The van der Waals surface area contributed by atoms with Crippen molar-refractivity contribution in [3.8, 4) is 6.07 Å². The lowest BCUT2D eigenvalue weighted by molar-refractivity contribution is 0.558. The number of aromatic nitrogens is 1. The second kappa shape index (κ2) is 8.34. The highest BCUT2D eigenvalue weighted by molar-refractivity contribution is 8.06. The van der Waals surface area contributed by atoms with Gasteiger partial charge in [-0.25, -0.2) is 9.78 Å². The van der Waals surface area contributed by atoms with E-state index in [4.69, 9.17) is 9.40 Å². The van der Waals surface area contributed by atoms with Crippen LogP contribution in [0.25, 0.3) is 32.5 Å². The predicted octanol–water partition coefficient (Wildman–Crippen LogP) is 6.85. The molecule has 0 N–H and O–H groups in total. The number of thiazole rings is 1. The van der Waals surface area contributed by atoms with Gasteiger partial charge in [-0.2, -0.15) is 5.26 Å². The zero-order chi connectivity index (χ0) is 23.1. The first-order valence-corrected chi connectivity index (χ1v) is 12.2. The van der Waals surface area contributed by atoms with Gasteiger partial charge >= 0.3 is 5.63 Å². The fourth-order valence-corrected chi connectivity index (χ4v) is 5.97. The van der Waals surface area contributed by atoms with Crippen LogP contribution in [-0.2, 0) is 0 Å². The number of nitrogens with zero attached hydrogens (tertiary/aromatic N) is 3. The number of allylic oxidation sites excluding steroid dienone is 1. The maximum absolute atomic E-state index is 13.0. The first-order valence-electron chi connectivity index (χ1n) is 10.5. The van der Waals surface area contributed by atoms with Gasteiger partial charge < -0.3 is 9.32 Å². The third-order valence-electron chi connectivity index (χ3n) is 5.49. The number of benzene rings is 3. The Morgan fingerprint density at radius 3 is 2.56 bits per heavy atom. The molecule has 5 nitrogen and oxygen atoms in total. The van der Waals surface area contributed by atoms with Gasteiger partial charge in [-0.05, 0) is 36.4 Å². The van der Waals surface area contributed by atoms with Gasteiger partial charge in [0.05, 0.1) is 21.5 Å². The number of nitriles is 1. The molecule has 0 amide bonds. The summed E-state index contributed by atoms with van der Waals surface area (Å²) in [5, 5.41) is 14.3. The Kier molecular flexibility index (Phi) is 5.02. The third kappa shape index (κ3) is 3.41. The molecule has 0 atom stereocenters. The van der Waals surface area contributed by atoms with Crippen molar-refractivity contribution in [1.29, 1.82) is 5.26 Å². The van der Waals surface area contributed by atoms with Crippen LogP contribution in [0.15, 0.2) is 105 Å². The van der Waals surface area contributed by atoms with Gasteiger partial charge in [0.2, 0.25) is 0 Å². The van der Waals surface area contributed by atoms with Crippen molar-refractivity contribution in [3.05, 3.63) is 116 Å². The summed E-state index contributed by atoms with van der Waals surface area (Å²) >= 11 is 2.89. The van der Waals surface area contributed by atoms with Crippen LogP contribution in [0.2, 0.25) is 0 Å². The molecule has 0 fully saturated rings. The van der Waals surface area contributed by atoms with Crippen LogP contribution in [0, 0.1) is 11.3 Å². The fourth-order valence-electron chi connectivity index (χ4n) is 3.92. The molecule has 6 rings (SSSR count). The number of hydrogen-bond donors (Lipinski definition) is 0. The maximum Gasteiger partial charge on any atom is 0.345 e. The largest absolute Gasteiger partial charge is 0.422 e. The Labute approximate surface area is 202 Å². The Balaban J connectivity index is 1.56. The molecule has 3 aromatic carbocycles. The van der Waals surface area contributed by atoms with Crippen molar-refractivity contribution < 1.29 is 4.42 Å². The molecule has 7 heteroatoms. The van der Waals surface area contributed by atoms with Gasteiger partial charge in [-0.3, -0.25) is 0 Å². The van der Waals surface area contributed by atoms with E-state index in [9.17, 15) is 10.1 Å².